The largest absolute Gasteiger partial charge is 0.493 e. The molecule has 0 amide bonds. The summed E-state index contributed by atoms with van der Waals surface area (Å²) in [5.74, 6) is 1.30. The smallest absolute Gasteiger partial charge is 0.285 e. The fourth-order valence-corrected chi connectivity index (χ4v) is 4.29. The van der Waals surface area contributed by atoms with Gasteiger partial charge in [-0.3, -0.25) is 9.36 Å². The molecule has 0 fully saturated rings. The van der Waals surface area contributed by atoms with Crippen molar-refractivity contribution in [1.82, 2.24) is 24.4 Å². The molecule has 0 unspecified atom stereocenters. The van der Waals surface area contributed by atoms with E-state index < -0.39 is 0 Å². The highest BCUT2D eigenvalue weighted by molar-refractivity contribution is 6.30. The average molecular weight is 492 g/mol. The van der Waals surface area contributed by atoms with Crippen molar-refractivity contribution in [3.8, 4) is 34.1 Å². The number of fused-ring (bicyclic) bond motifs is 3. The summed E-state index contributed by atoms with van der Waals surface area (Å²) in [6.07, 6.45) is 2.35. The van der Waals surface area contributed by atoms with Crippen LogP contribution in [0.4, 0.5) is 0 Å². The molecule has 0 aliphatic heterocycles. The molecule has 10 heteroatoms. The van der Waals surface area contributed by atoms with E-state index >= 15 is 0 Å². The van der Waals surface area contributed by atoms with Crippen molar-refractivity contribution in [2.24, 2.45) is 0 Å². The molecule has 0 atom stereocenters. The molecular weight excluding hydrogens is 470 g/mol. The Kier molecular flexibility index (Phi) is 5.78. The summed E-state index contributed by atoms with van der Waals surface area (Å²) in [7, 11) is 4.57. The van der Waals surface area contributed by atoms with Gasteiger partial charge < -0.3 is 14.2 Å². The summed E-state index contributed by atoms with van der Waals surface area (Å²) in [5.41, 5.74) is 4.13. The summed E-state index contributed by atoms with van der Waals surface area (Å²) in [6.45, 7) is 2.02. The predicted molar refractivity (Wildman–Crippen MR) is 133 cm³/mol. The van der Waals surface area contributed by atoms with Gasteiger partial charge in [0.05, 0.1) is 38.3 Å². The van der Waals surface area contributed by atoms with Crippen LogP contribution in [0.15, 0.2) is 53.5 Å². The molecule has 2 aromatic carbocycles. The van der Waals surface area contributed by atoms with Crippen molar-refractivity contribution in [3.05, 3.63) is 69.7 Å². The fraction of sp³-hybridized carbons (Fsp3) is 0.200. The number of ether oxygens (including phenoxy) is 3. The minimum Gasteiger partial charge on any atom is -0.493 e. The van der Waals surface area contributed by atoms with Crippen molar-refractivity contribution >= 4 is 28.3 Å². The van der Waals surface area contributed by atoms with Crippen molar-refractivity contribution in [2.45, 2.75) is 13.3 Å². The molecule has 35 heavy (non-hydrogen) atoms. The second-order valence-corrected chi connectivity index (χ2v) is 8.16. The number of halogens is 1. The fourth-order valence-electron chi connectivity index (χ4n) is 4.16. The van der Waals surface area contributed by atoms with Crippen molar-refractivity contribution in [3.63, 3.8) is 0 Å². The van der Waals surface area contributed by atoms with Gasteiger partial charge in [-0.25, -0.2) is 4.52 Å². The van der Waals surface area contributed by atoms with Crippen LogP contribution in [0, 0.1) is 0 Å². The molecule has 5 rings (SSSR count). The molecule has 3 aromatic heterocycles. The van der Waals surface area contributed by atoms with E-state index in [4.69, 9.17) is 30.9 Å². The van der Waals surface area contributed by atoms with Gasteiger partial charge in [0.15, 0.2) is 22.7 Å². The third-order valence-electron chi connectivity index (χ3n) is 5.85. The number of pyridine rings is 1. The van der Waals surface area contributed by atoms with Gasteiger partial charge in [0.25, 0.3) is 5.56 Å². The van der Waals surface area contributed by atoms with Gasteiger partial charge in [0, 0.05) is 23.4 Å². The van der Waals surface area contributed by atoms with Crippen LogP contribution >= 0.6 is 11.6 Å². The lowest BCUT2D eigenvalue weighted by Gasteiger charge is -2.15. The van der Waals surface area contributed by atoms with Crippen LogP contribution in [0.3, 0.4) is 0 Å². The van der Waals surface area contributed by atoms with Crippen LogP contribution < -0.4 is 19.8 Å². The number of aryl methyl sites for hydroxylation is 1. The molecule has 9 nitrogen and oxygen atoms in total. The molecule has 0 aliphatic rings. The number of benzene rings is 2. The van der Waals surface area contributed by atoms with E-state index in [1.807, 2.05) is 31.2 Å². The zero-order chi connectivity index (χ0) is 24.7. The molecule has 0 saturated heterocycles. The van der Waals surface area contributed by atoms with Crippen LogP contribution in [-0.4, -0.2) is 45.7 Å². The number of methoxy groups -OCH3 is 3. The highest BCUT2D eigenvalue weighted by Gasteiger charge is 2.20. The van der Waals surface area contributed by atoms with E-state index in [1.54, 1.807) is 28.9 Å². The summed E-state index contributed by atoms with van der Waals surface area (Å²) in [4.78, 5) is 13.5. The molecule has 0 N–H and O–H groups in total. The molecule has 5 aromatic rings. The molecule has 178 valence electrons. The monoisotopic (exact) mass is 491 g/mol. The topological polar surface area (TPSA) is 92.8 Å². The van der Waals surface area contributed by atoms with E-state index in [1.165, 1.54) is 25.9 Å². The Hall–Kier alpha value is -4.11. The van der Waals surface area contributed by atoms with Crippen LogP contribution in [0.25, 0.3) is 33.5 Å². The Bertz CT molecular complexity index is 1600. The second kappa shape index (κ2) is 8.92. The SMILES string of the molecule is CCc1nn2c(nnc3c(=O)n(-c4cc(OC)c(OC)c(OC)c4)ccc32)c1-c1ccc(Cl)cc1. The lowest BCUT2D eigenvalue weighted by molar-refractivity contribution is 0.324. The Morgan fingerprint density at radius 1 is 0.943 bits per heavy atom. The molecule has 0 bridgehead atoms. The second-order valence-electron chi connectivity index (χ2n) is 7.73. The minimum atomic E-state index is -0.354. The zero-order valence-corrected chi connectivity index (χ0v) is 20.3. The van der Waals surface area contributed by atoms with Crippen LogP contribution in [0.1, 0.15) is 12.6 Å². The van der Waals surface area contributed by atoms with E-state index in [9.17, 15) is 4.79 Å². The van der Waals surface area contributed by atoms with Crippen LogP contribution in [-0.2, 0) is 6.42 Å². The predicted octanol–water partition coefficient (Wildman–Crippen LogP) is 4.34. The first-order valence-corrected chi connectivity index (χ1v) is 11.2. The molecule has 0 aliphatic carbocycles. The third kappa shape index (κ3) is 3.64. The number of hydrogen-bond acceptors (Lipinski definition) is 7. The number of rotatable bonds is 6. The molecule has 0 radical (unpaired) electrons. The lowest BCUT2D eigenvalue weighted by Crippen LogP contribution is -2.20. The maximum Gasteiger partial charge on any atom is 0.285 e. The van der Waals surface area contributed by atoms with Gasteiger partial charge in [0.1, 0.15) is 5.52 Å². The first-order valence-electron chi connectivity index (χ1n) is 10.9. The van der Waals surface area contributed by atoms with E-state index in [0.29, 0.717) is 45.5 Å². The maximum atomic E-state index is 13.5. The average Bonchev–Trinajstić information content (AvgIpc) is 3.27. The normalized spacial score (nSPS) is 11.2. The Morgan fingerprint density at radius 3 is 2.23 bits per heavy atom. The van der Waals surface area contributed by atoms with Gasteiger partial charge in [-0.2, -0.15) is 5.10 Å². The molecule has 0 spiro atoms. The number of hydrogen-bond donors (Lipinski definition) is 0. The Balaban J connectivity index is 1.73. The summed E-state index contributed by atoms with van der Waals surface area (Å²) in [6, 6.07) is 12.7. The van der Waals surface area contributed by atoms with Gasteiger partial charge >= 0.3 is 0 Å². The number of nitrogens with zero attached hydrogens (tertiary/aromatic N) is 5. The number of aromatic nitrogens is 5. The summed E-state index contributed by atoms with van der Waals surface area (Å²) in [5, 5.41) is 14.1. The zero-order valence-electron chi connectivity index (χ0n) is 19.6. The van der Waals surface area contributed by atoms with Gasteiger partial charge in [-0.05, 0) is 30.2 Å². The maximum absolute atomic E-state index is 13.5. The first kappa shape index (κ1) is 22.7. The van der Waals surface area contributed by atoms with Crippen LogP contribution in [0.5, 0.6) is 17.2 Å². The van der Waals surface area contributed by atoms with Crippen molar-refractivity contribution in [1.29, 1.82) is 0 Å². The molecule has 0 saturated carbocycles. The standard InChI is InChI=1S/C25H22ClN5O4/c1-5-17-21(14-6-8-15(26)9-7-14)24-28-27-22-18(31(24)29-17)10-11-30(25(22)32)16-12-19(33-2)23(35-4)20(13-16)34-3/h6-13H,5H2,1-4H3. The quantitative estimate of drug-likeness (QED) is 0.349. The molecule has 3 heterocycles. The van der Waals surface area contributed by atoms with Gasteiger partial charge in [-0.1, -0.05) is 30.7 Å². The van der Waals surface area contributed by atoms with Gasteiger partial charge in [-0.15, -0.1) is 10.2 Å². The van der Waals surface area contributed by atoms with Crippen LogP contribution in [0.2, 0.25) is 5.02 Å². The Labute approximate surface area is 205 Å². The minimum absolute atomic E-state index is 0.182. The highest BCUT2D eigenvalue weighted by atomic mass is 35.5. The molecular formula is C25H22ClN5O4. The van der Waals surface area contributed by atoms with Crippen molar-refractivity contribution < 1.29 is 14.2 Å². The van der Waals surface area contributed by atoms with E-state index in [0.717, 1.165) is 16.8 Å². The van der Waals surface area contributed by atoms with E-state index in [-0.39, 0.29) is 11.1 Å². The summed E-state index contributed by atoms with van der Waals surface area (Å²) < 4.78 is 19.4. The van der Waals surface area contributed by atoms with Gasteiger partial charge in [0.2, 0.25) is 5.75 Å². The first-order chi connectivity index (χ1) is 17.0. The Morgan fingerprint density at radius 2 is 1.63 bits per heavy atom. The summed E-state index contributed by atoms with van der Waals surface area (Å²) >= 11 is 6.07. The van der Waals surface area contributed by atoms with E-state index in [2.05, 4.69) is 10.2 Å². The lowest BCUT2D eigenvalue weighted by atomic mass is 10.0. The third-order valence-corrected chi connectivity index (χ3v) is 6.10. The van der Waals surface area contributed by atoms with Crippen molar-refractivity contribution in [2.75, 3.05) is 21.3 Å². The highest BCUT2D eigenvalue weighted by Crippen LogP contribution is 2.39.